The molecule has 120 valence electrons. The van der Waals surface area contributed by atoms with Gasteiger partial charge < -0.3 is 10.1 Å². The van der Waals surface area contributed by atoms with Gasteiger partial charge in [-0.05, 0) is 41.3 Å². The van der Waals surface area contributed by atoms with Crippen LogP contribution in [0.25, 0.3) is 0 Å². The summed E-state index contributed by atoms with van der Waals surface area (Å²) in [5.41, 5.74) is 1.13. The molecule has 1 aliphatic carbocycles. The Balaban J connectivity index is 1.30. The lowest BCUT2D eigenvalue weighted by Crippen LogP contribution is -2.43. The third-order valence-electron chi connectivity index (χ3n) is 3.93. The Morgan fingerprint density at radius 2 is 2.26 bits per heavy atom. The van der Waals surface area contributed by atoms with Gasteiger partial charge in [0.1, 0.15) is 12.4 Å². The summed E-state index contributed by atoms with van der Waals surface area (Å²) in [6, 6.07) is 8.36. The van der Waals surface area contributed by atoms with Gasteiger partial charge in [-0.25, -0.2) is 4.68 Å². The van der Waals surface area contributed by atoms with E-state index in [1.54, 1.807) is 0 Å². The second-order valence-electron chi connectivity index (χ2n) is 5.81. The van der Waals surface area contributed by atoms with E-state index in [1.807, 2.05) is 28.9 Å². The highest BCUT2D eigenvalue weighted by Crippen LogP contribution is 2.36. The molecule has 1 atom stereocenters. The van der Waals surface area contributed by atoms with E-state index in [4.69, 9.17) is 4.74 Å². The molecule has 2 heterocycles. The minimum absolute atomic E-state index is 0.0115. The fraction of sp³-hybridized carbons (Fsp3) is 0.467. The summed E-state index contributed by atoms with van der Waals surface area (Å²) >= 11 is 1.38. The summed E-state index contributed by atoms with van der Waals surface area (Å²) < 4.78 is 7.51. The van der Waals surface area contributed by atoms with Gasteiger partial charge in [0.2, 0.25) is 11.1 Å². The first-order valence-corrected chi connectivity index (χ1v) is 8.69. The minimum atomic E-state index is -0.0201. The predicted octanol–water partition coefficient (Wildman–Crippen LogP) is 1.22. The zero-order chi connectivity index (χ0) is 15.6. The van der Waals surface area contributed by atoms with E-state index in [1.165, 1.54) is 11.8 Å². The Kier molecular flexibility index (Phi) is 3.90. The number of rotatable bonds is 5. The number of ether oxygens (including phenoxy) is 1. The second-order valence-corrected chi connectivity index (χ2v) is 6.76. The van der Waals surface area contributed by atoms with Crippen LogP contribution in [0.3, 0.4) is 0 Å². The lowest BCUT2D eigenvalue weighted by Gasteiger charge is -2.25. The first kappa shape index (κ1) is 14.5. The number of nitrogens with one attached hydrogen (secondary N) is 1. The molecule has 1 amide bonds. The average Bonchev–Trinajstić information content (AvgIpc) is 3.31. The van der Waals surface area contributed by atoms with E-state index >= 15 is 0 Å². The second kappa shape index (κ2) is 6.19. The number of carbonyl (C=O) groups excluding carboxylic acids is 1. The van der Waals surface area contributed by atoms with E-state index < -0.39 is 0 Å². The number of thioether (sulfide) groups is 1. The van der Waals surface area contributed by atoms with Crippen molar-refractivity contribution in [2.45, 2.75) is 36.5 Å². The van der Waals surface area contributed by atoms with Crippen molar-refractivity contribution in [2.24, 2.45) is 0 Å². The van der Waals surface area contributed by atoms with Crippen molar-refractivity contribution in [1.29, 1.82) is 0 Å². The van der Waals surface area contributed by atoms with E-state index in [2.05, 4.69) is 20.8 Å². The van der Waals surface area contributed by atoms with Crippen LogP contribution in [0.15, 0.2) is 29.4 Å². The maximum Gasteiger partial charge on any atom is 0.230 e. The number of hydrogen-bond donors (Lipinski definition) is 1. The lowest BCUT2D eigenvalue weighted by atomic mass is 10.0. The van der Waals surface area contributed by atoms with Crippen molar-refractivity contribution in [3.63, 3.8) is 0 Å². The van der Waals surface area contributed by atoms with Crippen molar-refractivity contribution in [3.05, 3.63) is 29.8 Å². The van der Waals surface area contributed by atoms with Crippen LogP contribution in [0.1, 0.15) is 24.4 Å². The SMILES string of the molecule is O=C(CSc1nnnn1C1CC1)N[C@H]1COc2ccccc2C1. The Labute approximate surface area is 137 Å². The Hall–Kier alpha value is -2.09. The van der Waals surface area contributed by atoms with E-state index in [0.29, 0.717) is 23.6 Å². The van der Waals surface area contributed by atoms with E-state index in [9.17, 15) is 4.79 Å². The third-order valence-corrected chi connectivity index (χ3v) is 4.87. The highest BCUT2D eigenvalue weighted by molar-refractivity contribution is 7.99. The maximum absolute atomic E-state index is 12.1. The molecule has 0 spiro atoms. The molecule has 7 nitrogen and oxygen atoms in total. The first-order chi connectivity index (χ1) is 11.3. The zero-order valence-corrected chi connectivity index (χ0v) is 13.3. The van der Waals surface area contributed by atoms with Crippen LogP contribution in [0.4, 0.5) is 0 Å². The largest absolute Gasteiger partial charge is 0.491 e. The average molecular weight is 331 g/mol. The molecule has 0 bridgehead atoms. The molecule has 0 saturated heterocycles. The Morgan fingerprint density at radius 3 is 3.13 bits per heavy atom. The van der Waals surface area contributed by atoms with Gasteiger partial charge in [0, 0.05) is 0 Å². The van der Waals surface area contributed by atoms with E-state index in [-0.39, 0.29) is 11.9 Å². The molecule has 8 heteroatoms. The van der Waals surface area contributed by atoms with Gasteiger partial charge in [-0.15, -0.1) is 5.10 Å². The number of carbonyl (C=O) groups is 1. The van der Waals surface area contributed by atoms with Gasteiger partial charge in [-0.3, -0.25) is 4.79 Å². The molecule has 23 heavy (non-hydrogen) atoms. The van der Waals surface area contributed by atoms with Crippen molar-refractivity contribution >= 4 is 17.7 Å². The monoisotopic (exact) mass is 331 g/mol. The van der Waals surface area contributed by atoms with Crippen LogP contribution in [0.2, 0.25) is 0 Å². The molecule has 2 aliphatic rings. The van der Waals surface area contributed by atoms with Crippen molar-refractivity contribution < 1.29 is 9.53 Å². The number of tetrazole rings is 1. The Bertz CT molecular complexity index is 715. The third kappa shape index (κ3) is 3.31. The molecule has 1 saturated carbocycles. The van der Waals surface area contributed by atoms with Crippen LogP contribution < -0.4 is 10.1 Å². The summed E-state index contributed by atoms with van der Waals surface area (Å²) in [7, 11) is 0. The number of fused-ring (bicyclic) bond motifs is 1. The van der Waals surface area contributed by atoms with Crippen LogP contribution in [-0.2, 0) is 11.2 Å². The van der Waals surface area contributed by atoms with Crippen LogP contribution in [-0.4, -0.2) is 44.5 Å². The molecule has 1 aliphatic heterocycles. The molecule has 1 fully saturated rings. The predicted molar refractivity (Wildman–Crippen MR) is 84.4 cm³/mol. The van der Waals surface area contributed by atoms with Crippen molar-refractivity contribution in [2.75, 3.05) is 12.4 Å². The fourth-order valence-corrected chi connectivity index (χ4v) is 3.40. The Morgan fingerprint density at radius 1 is 1.39 bits per heavy atom. The van der Waals surface area contributed by atoms with Crippen molar-refractivity contribution in [3.8, 4) is 5.75 Å². The molecule has 2 aromatic rings. The van der Waals surface area contributed by atoms with Gasteiger partial charge in [0.05, 0.1) is 17.8 Å². The molecule has 0 radical (unpaired) electrons. The smallest absolute Gasteiger partial charge is 0.230 e. The van der Waals surface area contributed by atoms with Crippen molar-refractivity contribution in [1.82, 2.24) is 25.5 Å². The number of para-hydroxylation sites is 1. The number of aromatic nitrogens is 4. The molecule has 4 rings (SSSR count). The van der Waals surface area contributed by atoms with Crippen LogP contribution in [0, 0.1) is 0 Å². The van der Waals surface area contributed by atoms with Gasteiger partial charge >= 0.3 is 0 Å². The maximum atomic E-state index is 12.1. The van der Waals surface area contributed by atoms with Gasteiger partial charge in [0.15, 0.2) is 0 Å². The quantitative estimate of drug-likeness (QED) is 0.830. The summed E-state index contributed by atoms with van der Waals surface area (Å²) in [6.07, 6.45) is 3.03. The lowest BCUT2D eigenvalue weighted by molar-refractivity contribution is -0.119. The van der Waals surface area contributed by atoms with Crippen LogP contribution >= 0.6 is 11.8 Å². The summed E-state index contributed by atoms with van der Waals surface area (Å²) in [4.78, 5) is 12.1. The number of hydrogen-bond acceptors (Lipinski definition) is 6. The fourth-order valence-electron chi connectivity index (χ4n) is 2.65. The molecule has 0 unspecified atom stereocenters. The first-order valence-electron chi connectivity index (χ1n) is 7.70. The molecular formula is C15H17N5O2S. The summed E-state index contributed by atoms with van der Waals surface area (Å²) in [5.74, 6) is 1.20. The highest BCUT2D eigenvalue weighted by atomic mass is 32.2. The molecule has 1 aromatic carbocycles. The normalized spacial score (nSPS) is 19.7. The summed E-state index contributed by atoms with van der Waals surface area (Å²) in [5, 5.41) is 15.4. The van der Waals surface area contributed by atoms with Gasteiger partial charge in [-0.2, -0.15) is 0 Å². The standard InChI is InChI=1S/C15H17N5O2S/c21-14(9-23-15-17-18-19-20(15)12-5-6-12)16-11-7-10-3-1-2-4-13(10)22-8-11/h1-4,11-12H,5-9H2,(H,16,21)/t11-/m1/s1. The number of benzene rings is 1. The van der Waals surface area contributed by atoms with E-state index in [0.717, 1.165) is 30.6 Å². The van der Waals surface area contributed by atoms with Gasteiger partial charge in [0.25, 0.3) is 0 Å². The van der Waals surface area contributed by atoms with Gasteiger partial charge in [-0.1, -0.05) is 30.0 Å². The number of amides is 1. The summed E-state index contributed by atoms with van der Waals surface area (Å²) in [6.45, 7) is 0.507. The number of nitrogens with zero attached hydrogens (tertiary/aromatic N) is 4. The zero-order valence-electron chi connectivity index (χ0n) is 12.5. The molecular weight excluding hydrogens is 314 g/mol. The molecule has 1 N–H and O–H groups in total. The topological polar surface area (TPSA) is 81.9 Å². The van der Waals surface area contributed by atoms with Crippen LogP contribution in [0.5, 0.6) is 5.75 Å². The highest BCUT2D eigenvalue weighted by Gasteiger charge is 2.28. The minimum Gasteiger partial charge on any atom is -0.491 e. The molecule has 1 aromatic heterocycles.